The number of ether oxygens (including phenoxy) is 2. The third-order valence-electron chi connectivity index (χ3n) is 5.21. The summed E-state index contributed by atoms with van der Waals surface area (Å²) in [4.78, 5) is 17.0. The van der Waals surface area contributed by atoms with E-state index in [-0.39, 0.29) is 11.9 Å². The van der Waals surface area contributed by atoms with E-state index >= 15 is 0 Å². The van der Waals surface area contributed by atoms with Gasteiger partial charge in [-0.25, -0.2) is 0 Å². The summed E-state index contributed by atoms with van der Waals surface area (Å²) in [6.07, 6.45) is 5.68. The normalized spacial score (nSPS) is 21.8. The third-order valence-corrected chi connectivity index (χ3v) is 5.21. The summed E-state index contributed by atoms with van der Waals surface area (Å²) in [5.41, 5.74) is 1.13. The third kappa shape index (κ3) is 3.66. The van der Waals surface area contributed by atoms with Crippen molar-refractivity contribution in [3.63, 3.8) is 0 Å². The molecule has 2 aliphatic rings. The number of amides is 1. The first-order chi connectivity index (χ1) is 11.7. The second kappa shape index (κ2) is 7.88. The Balaban J connectivity index is 1.74. The fourth-order valence-corrected chi connectivity index (χ4v) is 3.88. The van der Waals surface area contributed by atoms with E-state index in [0.29, 0.717) is 6.54 Å². The van der Waals surface area contributed by atoms with Gasteiger partial charge in [-0.1, -0.05) is 0 Å². The van der Waals surface area contributed by atoms with Crippen molar-refractivity contribution in [2.75, 3.05) is 40.4 Å². The van der Waals surface area contributed by atoms with Crippen molar-refractivity contribution >= 4 is 5.91 Å². The number of hydrogen-bond acceptors (Lipinski definition) is 4. The first kappa shape index (κ1) is 17.1. The largest absolute Gasteiger partial charge is 0.497 e. The summed E-state index contributed by atoms with van der Waals surface area (Å²) in [6.45, 7) is 3.30. The number of likely N-dealkylation sites (tertiary alicyclic amines) is 2. The smallest absolute Gasteiger partial charge is 0.236 e. The molecule has 3 rings (SSSR count). The van der Waals surface area contributed by atoms with E-state index in [1.54, 1.807) is 14.2 Å². The highest BCUT2D eigenvalue weighted by atomic mass is 16.5. The van der Waals surface area contributed by atoms with Gasteiger partial charge in [-0.2, -0.15) is 0 Å². The number of rotatable bonds is 5. The molecule has 24 heavy (non-hydrogen) atoms. The summed E-state index contributed by atoms with van der Waals surface area (Å²) in [6, 6.07) is 6.15. The standard InChI is InChI=1S/C19H28N2O3/c1-23-15-8-9-18(24-2)16(13-15)17-7-6-12-21(17)14-19(22)20-10-4-3-5-11-20/h8-9,13,17H,3-7,10-12,14H2,1-2H3. The number of hydrogen-bond donors (Lipinski definition) is 0. The topological polar surface area (TPSA) is 42.0 Å². The minimum absolute atomic E-state index is 0.226. The van der Waals surface area contributed by atoms with E-state index in [1.807, 2.05) is 23.1 Å². The van der Waals surface area contributed by atoms with Crippen LogP contribution in [0.15, 0.2) is 18.2 Å². The maximum absolute atomic E-state index is 12.6. The molecule has 2 fully saturated rings. The Morgan fingerprint density at radius 2 is 1.88 bits per heavy atom. The van der Waals surface area contributed by atoms with Gasteiger partial charge in [0.05, 0.1) is 20.8 Å². The molecule has 0 N–H and O–H groups in total. The highest BCUT2D eigenvalue weighted by molar-refractivity contribution is 5.78. The number of carbonyl (C=O) groups excluding carboxylic acids is 1. The van der Waals surface area contributed by atoms with Crippen LogP contribution in [0.2, 0.25) is 0 Å². The van der Waals surface area contributed by atoms with Crippen LogP contribution in [0, 0.1) is 0 Å². The Morgan fingerprint density at radius 3 is 2.58 bits per heavy atom. The van der Waals surface area contributed by atoms with Crippen LogP contribution in [0.3, 0.4) is 0 Å². The molecule has 1 amide bonds. The van der Waals surface area contributed by atoms with Gasteiger partial charge < -0.3 is 14.4 Å². The number of nitrogens with zero attached hydrogens (tertiary/aromatic N) is 2. The van der Waals surface area contributed by atoms with E-state index in [4.69, 9.17) is 9.47 Å². The average molecular weight is 332 g/mol. The highest BCUT2D eigenvalue weighted by Gasteiger charge is 2.31. The van der Waals surface area contributed by atoms with Crippen LogP contribution in [0.4, 0.5) is 0 Å². The number of carbonyl (C=O) groups is 1. The van der Waals surface area contributed by atoms with Gasteiger partial charge in [-0.05, 0) is 56.8 Å². The molecule has 1 aromatic rings. The molecule has 0 aromatic heterocycles. The Bertz CT molecular complexity index is 570. The molecule has 5 heteroatoms. The van der Waals surface area contributed by atoms with Crippen molar-refractivity contribution < 1.29 is 14.3 Å². The molecule has 0 radical (unpaired) electrons. The molecule has 2 aliphatic heterocycles. The Kier molecular flexibility index (Phi) is 5.61. The van der Waals surface area contributed by atoms with Crippen molar-refractivity contribution in [1.29, 1.82) is 0 Å². The van der Waals surface area contributed by atoms with Crippen LogP contribution in [0.1, 0.15) is 43.7 Å². The summed E-state index contributed by atoms with van der Waals surface area (Å²) in [5.74, 6) is 1.97. The van der Waals surface area contributed by atoms with Gasteiger partial charge in [-0.15, -0.1) is 0 Å². The second-order valence-corrected chi connectivity index (χ2v) is 6.68. The maximum atomic E-state index is 12.6. The lowest BCUT2D eigenvalue weighted by molar-refractivity contribution is -0.133. The lowest BCUT2D eigenvalue weighted by Gasteiger charge is -2.31. The molecule has 1 unspecified atom stereocenters. The summed E-state index contributed by atoms with van der Waals surface area (Å²) >= 11 is 0. The molecule has 1 atom stereocenters. The van der Waals surface area contributed by atoms with Crippen LogP contribution in [-0.4, -0.2) is 56.1 Å². The van der Waals surface area contributed by atoms with E-state index in [1.165, 1.54) is 6.42 Å². The summed E-state index contributed by atoms with van der Waals surface area (Å²) < 4.78 is 10.9. The first-order valence-corrected chi connectivity index (χ1v) is 8.96. The Hall–Kier alpha value is -1.75. The number of benzene rings is 1. The predicted octanol–water partition coefficient (Wildman–Crippen LogP) is 2.85. The molecular weight excluding hydrogens is 304 g/mol. The van der Waals surface area contributed by atoms with Crippen LogP contribution >= 0.6 is 0 Å². The average Bonchev–Trinajstić information content (AvgIpc) is 3.09. The van der Waals surface area contributed by atoms with Gasteiger partial charge in [0.1, 0.15) is 11.5 Å². The van der Waals surface area contributed by atoms with Crippen LogP contribution in [0.5, 0.6) is 11.5 Å². The number of piperidine rings is 1. The summed E-state index contributed by atoms with van der Waals surface area (Å²) in [7, 11) is 3.38. The van der Waals surface area contributed by atoms with Crippen molar-refractivity contribution in [2.24, 2.45) is 0 Å². The van der Waals surface area contributed by atoms with Crippen molar-refractivity contribution in [1.82, 2.24) is 9.80 Å². The maximum Gasteiger partial charge on any atom is 0.236 e. The van der Waals surface area contributed by atoms with E-state index in [0.717, 1.165) is 62.4 Å². The lowest BCUT2D eigenvalue weighted by atomic mass is 10.0. The van der Waals surface area contributed by atoms with E-state index < -0.39 is 0 Å². The van der Waals surface area contributed by atoms with E-state index in [2.05, 4.69) is 4.90 Å². The first-order valence-electron chi connectivity index (χ1n) is 8.96. The predicted molar refractivity (Wildman–Crippen MR) is 93.5 cm³/mol. The monoisotopic (exact) mass is 332 g/mol. The molecule has 0 bridgehead atoms. The van der Waals surface area contributed by atoms with Crippen LogP contribution in [0.25, 0.3) is 0 Å². The van der Waals surface area contributed by atoms with Crippen LogP contribution in [-0.2, 0) is 4.79 Å². The molecule has 0 saturated carbocycles. The van der Waals surface area contributed by atoms with E-state index in [9.17, 15) is 4.79 Å². The van der Waals surface area contributed by atoms with Crippen molar-refractivity contribution in [3.05, 3.63) is 23.8 Å². The molecule has 132 valence electrons. The molecular formula is C19H28N2O3. The zero-order chi connectivity index (χ0) is 16.9. The van der Waals surface area contributed by atoms with Gasteiger partial charge in [0, 0.05) is 24.7 Å². The van der Waals surface area contributed by atoms with Gasteiger partial charge in [-0.3, -0.25) is 9.69 Å². The lowest BCUT2D eigenvalue weighted by Crippen LogP contribution is -2.42. The minimum atomic E-state index is 0.226. The molecule has 0 aliphatic carbocycles. The SMILES string of the molecule is COc1ccc(OC)c(C2CCCN2CC(=O)N2CCCCC2)c1. The highest BCUT2D eigenvalue weighted by Crippen LogP contribution is 2.38. The minimum Gasteiger partial charge on any atom is -0.497 e. The summed E-state index contributed by atoms with van der Waals surface area (Å²) in [5, 5.41) is 0. The van der Waals surface area contributed by atoms with Crippen molar-refractivity contribution in [3.8, 4) is 11.5 Å². The van der Waals surface area contributed by atoms with Gasteiger partial charge in [0.15, 0.2) is 0 Å². The molecule has 1 aromatic carbocycles. The fourth-order valence-electron chi connectivity index (χ4n) is 3.88. The quantitative estimate of drug-likeness (QED) is 0.831. The fraction of sp³-hybridized carbons (Fsp3) is 0.632. The van der Waals surface area contributed by atoms with Crippen molar-refractivity contribution in [2.45, 2.75) is 38.1 Å². The molecule has 5 nitrogen and oxygen atoms in total. The molecule has 2 heterocycles. The van der Waals surface area contributed by atoms with Crippen LogP contribution < -0.4 is 9.47 Å². The zero-order valence-electron chi connectivity index (χ0n) is 14.8. The molecule has 2 saturated heterocycles. The Labute approximate surface area is 144 Å². The zero-order valence-corrected chi connectivity index (χ0v) is 14.8. The number of methoxy groups -OCH3 is 2. The van der Waals surface area contributed by atoms with Gasteiger partial charge >= 0.3 is 0 Å². The second-order valence-electron chi connectivity index (χ2n) is 6.68. The van der Waals surface area contributed by atoms with Gasteiger partial charge in [0.2, 0.25) is 5.91 Å². The van der Waals surface area contributed by atoms with Gasteiger partial charge in [0.25, 0.3) is 0 Å². The molecule has 0 spiro atoms. The Morgan fingerprint density at radius 1 is 1.08 bits per heavy atom.